The summed E-state index contributed by atoms with van der Waals surface area (Å²) in [4.78, 5) is 2.55. The summed E-state index contributed by atoms with van der Waals surface area (Å²) < 4.78 is 2.12. The fourth-order valence-electron chi connectivity index (χ4n) is 3.54. The highest BCUT2D eigenvalue weighted by molar-refractivity contribution is 6.30. The average Bonchev–Trinajstić information content (AvgIpc) is 2.85. The van der Waals surface area contributed by atoms with Crippen LogP contribution >= 0.6 is 11.6 Å². The van der Waals surface area contributed by atoms with Crippen LogP contribution in [0.3, 0.4) is 0 Å². The van der Waals surface area contributed by atoms with Gasteiger partial charge in [0.2, 0.25) is 0 Å². The molecular formula is C19H27ClN4. The molecule has 1 aromatic carbocycles. The van der Waals surface area contributed by atoms with Crippen LogP contribution in [0.25, 0.3) is 0 Å². The second-order valence-electron chi connectivity index (χ2n) is 6.80. The first-order valence-electron chi connectivity index (χ1n) is 8.73. The first-order valence-corrected chi connectivity index (χ1v) is 9.11. The molecule has 4 nitrogen and oxygen atoms in total. The monoisotopic (exact) mass is 346 g/mol. The van der Waals surface area contributed by atoms with Crippen molar-refractivity contribution in [1.82, 2.24) is 20.0 Å². The summed E-state index contributed by atoms with van der Waals surface area (Å²) in [5, 5.41) is 8.97. The second-order valence-corrected chi connectivity index (χ2v) is 7.23. The minimum Gasteiger partial charge on any atom is -0.316 e. The van der Waals surface area contributed by atoms with Gasteiger partial charge in [-0.05, 0) is 58.0 Å². The van der Waals surface area contributed by atoms with Gasteiger partial charge in [-0.1, -0.05) is 23.7 Å². The molecule has 1 fully saturated rings. The van der Waals surface area contributed by atoms with Gasteiger partial charge in [-0.15, -0.1) is 0 Å². The lowest BCUT2D eigenvalue weighted by molar-refractivity contribution is 0.187. The minimum absolute atomic E-state index is 0.614. The van der Waals surface area contributed by atoms with Crippen molar-refractivity contribution in [3.63, 3.8) is 0 Å². The van der Waals surface area contributed by atoms with Crippen molar-refractivity contribution in [2.45, 2.75) is 45.8 Å². The standard InChI is InChI=1S/C19H27ClN4/c1-14-19(13-23-10-4-5-18(12-23)21-3)15(2)24(22-14)11-16-6-8-17(20)9-7-16/h6-9,18,21H,4-5,10-13H2,1-3H3. The molecule has 5 heteroatoms. The smallest absolute Gasteiger partial charge is 0.0662 e. The lowest BCUT2D eigenvalue weighted by Crippen LogP contribution is -2.44. The van der Waals surface area contributed by atoms with Gasteiger partial charge in [-0.2, -0.15) is 5.10 Å². The third-order valence-electron chi connectivity index (χ3n) is 5.07. The fourth-order valence-corrected chi connectivity index (χ4v) is 3.66. The Morgan fingerprint density at radius 3 is 2.67 bits per heavy atom. The number of hydrogen-bond acceptors (Lipinski definition) is 3. The molecule has 1 aliphatic heterocycles. The number of piperidine rings is 1. The summed E-state index contributed by atoms with van der Waals surface area (Å²) in [5.74, 6) is 0. The summed E-state index contributed by atoms with van der Waals surface area (Å²) in [6.45, 7) is 8.40. The highest BCUT2D eigenvalue weighted by Crippen LogP contribution is 2.20. The Labute approximate surface area is 149 Å². The maximum atomic E-state index is 5.97. The summed E-state index contributed by atoms with van der Waals surface area (Å²) >= 11 is 5.97. The first-order chi connectivity index (χ1) is 11.6. The van der Waals surface area contributed by atoms with Gasteiger partial charge in [0.1, 0.15) is 0 Å². The van der Waals surface area contributed by atoms with Crippen molar-refractivity contribution in [1.29, 1.82) is 0 Å². The highest BCUT2D eigenvalue weighted by atomic mass is 35.5. The van der Waals surface area contributed by atoms with E-state index in [9.17, 15) is 0 Å². The molecule has 0 saturated carbocycles. The largest absolute Gasteiger partial charge is 0.316 e. The van der Waals surface area contributed by atoms with Crippen LogP contribution in [0.15, 0.2) is 24.3 Å². The van der Waals surface area contributed by atoms with E-state index in [1.807, 2.05) is 12.1 Å². The van der Waals surface area contributed by atoms with Crippen LogP contribution in [-0.4, -0.2) is 40.9 Å². The van der Waals surface area contributed by atoms with Crippen molar-refractivity contribution < 1.29 is 0 Å². The Morgan fingerprint density at radius 2 is 1.96 bits per heavy atom. The molecule has 1 aromatic heterocycles. The van der Waals surface area contributed by atoms with Crippen molar-refractivity contribution >= 4 is 11.6 Å². The molecule has 130 valence electrons. The third kappa shape index (κ3) is 4.00. The molecule has 2 aromatic rings. The topological polar surface area (TPSA) is 33.1 Å². The van der Waals surface area contributed by atoms with Crippen molar-refractivity contribution in [3.05, 3.63) is 51.8 Å². The zero-order chi connectivity index (χ0) is 17.1. The Hall–Kier alpha value is -1.36. The number of rotatable bonds is 5. The molecule has 0 amide bonds. The first kappa shape index (κ1) is 17.5. The number of aromatic nitrogens is 2. The molecule has 1 unspecified atom stereocenters. The minimum atomic E-state index is 0.614. The van der Waals surface area contributed by atoms with E-state index in [-0.39, 0.29) is 0 Å². The van der Waals surface area contributed by atoms with Crippen LogP contribution in [0.1, 0.15) is 35.4 Å². The Morgan fingerprint density at radius 1 is 1.21 bits per heavy atom. The normalized spacial score (nSPS) is 18.9. The highest BCUT2D eigenvalue weighted by Gasteiger charge is 2.21. The van der Waals surface area contributed by atoms with Gasteiger partial charge < -0.3 is 5.32 Å². The van der Waals surface area contributed by atoms with Gasteiger partial charge in [0.15, 0.2) is 0 Å². The van der Waals surface area contributed by atoms with E-state index >= 15 is 0 Å². The Kier molecular flexibility index (Phi) is 5.59. The van der Waals surface area contributed by atoms with Gasteiger partial charge in [-0.25, -0.2) is 0 Å². The molecule has 0 aliphatic carbocycles. The van der Waals surface area contributed by atoms with E-state index in [1.165, 1.54) is 36.2 Å². The van der Waals surface area contributed by atoms with E-state index in [4.69, 9.17) is 16.7 Å². The van der Waals surface area contributed by atoms with Gasteiger partial charge >= 0.3 is 0 Å². The van der Waals surface area contributed by atoms with Crippen molar-refractivity contribution in [2.24, 2.45) is 0 Å². The summed E-state index contributed by atoms with van der Waals surface area (Å²) in [5.41, 5.74) is 5.02. The van der Waals surface area contributed by atoms with Gasteiger partial charge in [0, 0.05) is 35.4 Å². The predicted octanol–water partition coefficient (Wildman–Crippen LogP) is 3.39. The lowest BCUT2D eigenvalue weighted by atomic mass is 10.0. The maximum Gasteiger partial charge on any atom is 0.0662 e. The van der Waals surface area contributed by atoms with Gasteiger partial charge in [0.05, 0.1) is 12.2 Å². The van der Waals surface area contributed by atoms with Crippen molar-refractivity contribution in [3.8, 4) is 0 Å². The number of benzene rings is 1. The molecule has 3 rings (SSSR count). The predicted molar refractivity (Wildman–Crippen MR) is 99.6 cm³/mol. The Balaban J connectivity index is 1.73. The lowest BCUT2D eigenvalue weighted by Gasteiger charge is -2.32. The fraction of sp³-hybridized carbons (Fsp3) is 0.526. The van der Waals surface area contributed by atoms with E-state index in [0.717, 1.165) is 30.4 Å². The van der Waals surface area contributed by atoms with Crippen LogP contribution in [0.5, 0.6) is 0 Å². The Bertz CT molecular complexity index is 677. The van der Waals surface area contributed by atoms with Gasteiger partial charge in [0.25, 0.3) is 0 Å². The summed E-state index contributed by atoms with van der Waals surface area (Å²) in [7, 11) is 2.06. The number of aryl methyl sites for hydroxylation is 1. The summed E-state index contributed by atoms with van der Waals surface area (Å²) in [6, 6.07) is 8.63. The zero-order valence-electron chi connectivity index (χ0n) is 14.8. The molecule has 0 spiro atoms. The average molecular weight is 347 g/mol. The molecule has 0 radical (unpaired) electrons. The molecule has 0 bridgehead atoms. The van der Waals surface area contributed by atoms with Crippen LogP contribution in [-0.2, 0) is 13.1 Å². The molecule has 1 saturated heterocycles. The number of likely N-dealkylation sites (N-methyl/N-ethyl adjacent to an activating group) is 1. The quantitative estimate of drug-likeness (QED) is 0.900. The number of nitrogens with one attached hydrogen (secondary N) is 1. The zero-order valence-corrected chi connectivity index (χ0v) is 15.6. The van der Waals surface area contributed by atoms with E-state index in [0.29, 0.717) is 6.04 Å². The van der Waals surface area contributed by atoms with Crippen LogP contribution in [0.4, 0.5) is 0 Å². The number of halogens is 1. The second kappa shape index (κ2) is 7.68. The molecule has 2 heterocycles. The van der Waals surface area contributed by atoms with Crippen LogP contribution in [0.2, 0.25) is 5.02 Å². The summed E-state index contributed by atoms with van der Waals surface area (Å²) in [6.07, 6.45) is 2.54. The molecule has 1 atom stereocenters. The van der Waals surface area contributed by atoms with E-state index in [1.54, 1.807) is 0 Å². The van der Waals surface area contributed by atoms with Crippen molar-refractivity contribution in [2.75, 3.05) is 20.1 Å². The molecule has 1 N–H and O–H groups in total. The molecular weight excluding hydrogens is 320 g/mol. The number of nitrogens with zero attached hydrogens (tertiary/aromatic N) is 3. The molecule has 24 heavy (non-hydrogen) atoms. The number of hydrogen-bond donors (Lipinski definition) is 1. The van der Waals surface area contributed by atoms with Gasteiger partial charge in [-0.3, -0.25) is 9.58 Å². The maximum absolute atomic E-state index is 5.97. The van der Waals surface area contributed by atoms with E-state index in [2.05, 4.69) is 47.9 Å². The molecule has 1 aliphatic rings. The number of likely N-dealkylation sites (tertiary alicyclic amines) is 1. The van der Waals surface area contributed by atoms with Crippen LogP contribution < -0.4 is 5.32 Å². The van der Waals surface area contributed by atoms with E-state index < -0.39 is 0 Å². The van der Waals surface area contributed by atoms with Crippen LogP contribution in [0, 0.1) is 13.8 Å². The third-order valence-corrected chi connectivity index (χ3v) is 5.32. The SMILES string of the molecule is CNC1CCCN(Cc2c(C)nn(Cc3ccc(Cl)cc3)c2C)C1.